The van der Waals surface area contributed by atoms with Gasteiger partial charge in [0.25, 0.3) is 0 Å². The number of amides is 1. The summed E-state index contributed by atoms with van der Waals surface area (Å²) in [5.41, 5.74) is 0.540. The minimum Gasteiger partial charge on any atom is -0.338 e. The van der Waals surface area contributed by atoms with Crippen molar-refractivity contribution in [3.05, 3.63) is 71.7 Å². The number of aromatic nitrogens is 3. The SMILES string of the molecule is O=C(/C=C/c1ccccc1)N1CCCC(c2nnc3ccc(C(F)(F)F)cn23)C1. The third-order valence-corrected chi connectivity index (χ3v) is 5.07. The predicted octanol–water partition coefficient (Wildman–Crippen LogP) is 4.17. The van der Waals surface area contributed by atoms with Gasteiger partial charge in [-0.25, -0.2) is 0 Å². The summed E-state index contributed by atoms with van der Waals surface area (Å²) in [4.78, 5) is 14.3. The second-order valence-corrected chi connectivity index (χ2v) is 7.07. The molecule has 0 bridgehead atoms. The molecule has 1 fully saturated rings. The standard InChI is InChI=1S/C21H19F3N4O/c22-21(23,24)17-9-10-18-25-26-20(28(18)14-17)16-7-4-12-27(13-16)19(29)11-8-15-5-2-1-3-6-15/h1-3,5-6,8-11,14,16H,4,7,12-13H2/b11-8+. The third-order valence-electron chi connectivity index (χ3n) is 5.07. The van der Waals surface area contributed by atoms with Crippen LogP contribution in [0.2, 0.25) is 0 Å². The summed E-state index contributed by atoms with van der Waals surface area (Å²) in [6.45, 7) is 1.01. The maximum Gasteiger partial charge on any atom is 0.417 e. The van der Waals surface area contributed by atoms with E-state index in [0.717, 1.165) is 30.7 Å². The number of likely N-dealkylation sites (tertiary alicyclic amines) is 1. The predicted molar refractivity (Wildman–Crippen MR) is 102 cm³/mol. The van der Waals surface area contributed by atoms with Gasteiger partial charge in [-0.3, -0.25) is 9.20 Å². The number of fused-ring (bicyclic) bond motifs is 1. The summed E-state index contributed by atoms with van der Waals surface area (Å²) in [6.07, 6.45) is 1.37. The Morgan fingerprint density at radius 1 is 1.10 bits per heavy atom. The molecule has 1 unspecified atom stereocenters. The zero-order chi connectivity index (χ0) is 20.4. The van der Waals surface area contributed by atoms with Crippen LogP contribution in [0.3, 0.4) is 0 Å². The number of halogens is 3. The molecule has 8 heteroatoms. The van der Waals surface area contributed by atoms with Gasteiger partial charge in [0.15, 0.2) is 5.65 Å². The van der Waals surface area contributed by atoms with Crippen LogP contribution < -0.4 is 0 Å². The Balaban J connectivity index is 1.54. The number of carbonyl (C=O) groups excluding carboxylic acids is 1. The maximum atomic E-state index is 13.1. The number of piperidine rings is 1. The first-order valence-electron chi connectivity index (χ1n) is 9.36. The highest BCUT2D eigenvalue weighted by molar-refractivity contribution is 5.91. The van der Waals surface area contributed by atoms with Gasteiger partial charge < -0.3 is 4.90 Å². The smallest absolute Gasteiger partial charge is 0.338 e. The van der Waals surface area contributed by atoms with E-state index in [2.05, 4.69) is 10.2 Å². The molecular weight excluding hydrogens is 381 g/mol. The molecule has 1 aromatic carbocycles. The monoisotopic (exact) mass is 400 g/mol. The summed E-state index contributed by atoms with van der Waals surface area (Å²) >= 11 is 0. The number of alkyl halides is 3. The van der Waals surface area contributed by atoms with E-state index in [1.54, 1.807) is 11.0 Å². The molecule has 0 saturated carbocycles. The maximum absolute atomic E-state index is 13.1. The highest BCUT2D eigenvalue weighted by Crippen LogP contribution is 2.31. The zero-order valence-electron chi connectivity index (χ0n) is 15.5. The lowest BCUT2D eigenvalue weighted by Gasteiger charge is -2.31. The van der Waals surface area contributed by atoms with Crippen LogP contribution in [0.4, 0.5) is 13.2 Å². The zero-order valence-corrected chi connectivity index (χ0v) is 15.5. The molecule has 0 aliphatic carbocycles. The fourth-order valence-electron chi connectivity index (χ4n) is 3.58. The highest BCUT2D eigenvalue weighted by atomic mass is 19.4. The summed E-state index contributed by atoms with van der Waals surface area (Å²) in [6, 6.07) is 11.8. The van der Waals surface area contributed by atoms with E-state index in [1.165, 1.54) is 16.5 Å². The van der Waals surface area contributed by atoms with Crippen LogP contribution in [0.25, 0.3) is 11.7 Å². The molecule has 0 radical (unpaired) electrons. The van der Waals surface area contributed by atoms with E-state index in [0.29, 0.717) is 24.6 Å². The average molecular weight is 400 g/mol. The molecule has 29 heavy (non-hydrogen) atoms. The van der Waals surface area contributed by atoms with E-state index in [-0.39, 0.29) is 11.8 Å². The minimum atomic E-state index is -4.44. The fraction of sp³-hybridized carbons (Fsp3) is 0.286. The van der Waals surface area contributed by atoms with Crippen molar-refractivity contribution < 1.29 is 18.0 Å². The van der Waals surface area contributed by atoms with Gasteiger partial charge in [0, 0.05) is 31.3 Å². The number of hydrogen-bond donors (Lipinski definition) is 0. The van der Waals surface area contributed by atoms with Crippen LogP contribution in [0, 0.1) is 0 Å². The normalized spacial score (nSPS) is 17.9. The molecule has 4 rings (SSSR count). The molecule has 1 amide bonds. The molecule has 1 saturated heterocycles. The Morgan fingerprint density at radius 2 is 1.90 bits per heavy atom. The topological polar surface area (TPSA) is 50.5 Å². The van der Waals surface area contributed by atoms with Crippen LogP contribution in [0.1, 0.15) is 35.7 Å². The van der Waals surface area contributed by atoms with E-state index < -0.39 is 11.7 Å². The van der Waals surface area contributed by atoms with Crippen LogP contribution in [0.15, 0.2) is 54.7 Å². The molecular formula is C21H19F3N4O. The molecule has 1 atom stereocenters. The molecule has 0 N–H and O–H groups in total. The molecule has 3 heterocycles. The van der Waals surface area contributed by atoms with Crippen molar-refractivity contribution in [3.8, 4) is 0 Å². The van der Waals surface area contributed by atoms with Crippen LogP contribution in [-0.2, 0) is 11.0 Å². The molecule has 150 valence electrons. The lowest BCUT2D eigenvalue weighted by atomic mass is 9.97. The number of nitrogens with zero attached hydrogens (tertiary/aromatic N) is 4. The number of rotatable bonds is 3. The summed E-state index contributed by atoms with van der Waals surface area (Å²) in [7, 11) is 0. The number of carbonyl (C=O) groups is 1. The number of hydrogen-bond acceptors (Lipinski definition) is 3. The van der Waals surface area contributed by atoms with Crippen molar-refractivity contribution in [2.45, 2.75) is 24.9 Å². The van der Waals surface area contributed by atoms with E-state index in [1.807, 2.05) is 30.3 Å². The van der Waals surface area contributed by atoms with Gasteiger partial charge in [0.05, 0.1) is 5.56 Å². The number of pyridine rings is 1. The van der Waals surface area contributed by atoms with E-state index >= 15 is 0 Å². The fourth-order valence-corrected chi connectivity index (χ4v) is 3.58. The van der Waals surface area contributed by atoms with Crippen LogP contribution in [0.5, 0.6) is 0 Å². The van der Waals surface area contributed by atoms with Crippen molar-refractivity contribution in [2.24, 2.45) is 0 Å². The Hall–Kier alpha value is -3.16. The van der Waals surface area contributed by atoms with Gasteiger partial charge >= 0.3 is 6.18 Å². The molecule has 1 aliphatic heterocycles. The van der Waals surface area contributed by atoms with E-state index in [4.69, 9.17) is 0 Å². The van der Waals surface area contributed by atoms with Gasteiger partial charge in [-0.2, -0.15) is 13.2 Å². The average Bonchev–Trinajstić information content (AvgIpc) is 3.15. The molecule has 5 nitrogen and oxygen atoms in total. The molecule has 2 aromatic heterocycles. The van der Waals surface area contributed by atoms with Crippen molar-refractivity contribution in [3.63, 3.8) is 0 Å². The lowest BCUT2D eigenvalue weighted by molar-refractivity contribution is -0.137. The Bertz CT molecular complexity index is 1040. The van der Waals surface area contributed by atoms with Crippen molar-refractivity contribution >= 4 is 17.6 Å². The second-order valence-electron chi connectivity index (χ2n) is 7.07. The van der Waals surface area contributed by atoms with Crippen molar-refractivity contribution in [1.82, 2.24) is 19.5 Å². The number of benzene rings is 1. The summed E-state index contributed by atoms with van der Waals surface area (Å²) in [5.74, 6) is 0.162. The summed E-state index contributed by atoms with van der Waals surface area (Å²) in [5, 5.41) is 8.11. The molecule has 1 aliphatic rings. The Labute approximate surface area is 165 Å². The van der Waals surface area contributed by atoms with Crippen LogP contribution in [-0.4, -0.2) is 38.5 Å². The highest BCUT2D eigenvalue weighted by Gasteiger charge is 2.32. The Kier molecular flexibility index (Phi) is 5.08. The largest absolute Gasteiger partial charge is 0.417 e. The summed E-state index contributed by atoms with van der Waals surface area (Å²) < 4.78 is 40.6. The lowest BCUT2D eigenvalue weighted by Crippen LogP contribution is -2.38. The quantitative estimate of drug-likeness (QED) is 0.620. The second kappa shape index (κ2) is 7.69. The van der Waals surface area contributed by atoms with Crippen molar-refractivity contribution in [2.75, 3.05) is 13.1 Å². The van der Waals surface area contributed by atoms with Gasteiger partial charge in [-0.05, 0) is 36.6 Å². The first-order chi connectivity index (χ1) is 13.9. The van der Waals surface area contributed by atoms with Gasteiger partial charge in [0.2, 0.25) is 5.91 Å². The van der Waals surface area contributed by atoms with Gasteiger partial charge in [0.1, 0.15) is 5.82 Å². The van der Waals surface area contributed by atoms with E-state index in [9.17, 15) is 18.0 Å². The molecule has 0 spiro atoms. The van der Waals surface area contributed by atoms with Gasteiger partial charge in [-0.15, -0.1) is 10.2 Å². The first-order valence-corrected chi connectivity index (χ1v) is 9.36. The minimum absolute atomic E-state index is 0.122. The van der Waals surface area contributed by atoms with Crippen LogP contribution >= 0.6 is 0 Å². The molecule has 3 aromatic rings. The van der Waals surface area contributed by atoms with Crippen molar-refractivity contribution in [1.29, 1.82) is 0 Å². The van der Waals surface area contributed by atoms with Gasteiger partial charge in [-0.1, -0.05) is 30.3 Å². The Morgan fingerprint density at radius 3 is 2.66 bits per heavy atom. The first kappa shape index (κ1) is 19.2. The third kappa shape index (κ3) is 4.16.